The zero-order chi connectivity index (χ0) is 61.2. The van der Waals surface area contributed by atoms with Crippen LogP contribution in [0.4, 0.5) is 0 Å². The summed E-state index contributed by atoms with van der Waals surface area (Å²) >= 11 is 0. The van der Waals surface area contributed by atoms with Gasteiger partial charge in [0.2, 0.25) is 0 Å². The van der Waals surface area contributed by atoms with Crippen LogP contribution in [0.15, 0.2) is 134 Å². The molecular formula is C74H127NO8P+. The van der Waals surface area contributed by atoms with E-state index in [0.717, 1.165) is 122 Å². The molecule has 0 spiro atoms. The van der Waals surface area contributed by atoms with Gasteiger partial charge in [-0.25, -0.2) is 4.57 Å². The lowest BCUT2D eigenvalue weighted by Crippen LogP contribution is -2.37. The molecule has 9 nitrogen and oxygen atoms in total. The number of likely N-dealkylation sites (N-methyl/N-ethyl adjacent to an activating group) is 1. The van der Waals surface area contributed by atoms with E-state index in [1.807, 2.05) is 21.1 Å². The molecule has 480 valence electrons. The Labute approximate surface area is 517 Å². The maximum Gasteiger partial charge on any atom is 0.472 e. The lowest BCUT2D eigenvalue weighted by atomic mass is 10.0. The lowest BCUT2D eigenvalue weighted by molar-refractivity contribution is -0.870. The second-order valence-electron chi connectivity index (χ2n) is 23.5. The van der Waals surface area contributed by atoms with Gasteiger partial charge in [-0.05, 0) is 96.3 Å². The first kappa shape index (κ1) is 80.2. The molecule has 0 aliphatic carbocycles. The maximum atomic E-state index is 12.9. The van der Waals surface area contributed by atoms with Gasteiger partial charge in [0.15, 0.2) is 6.10 Å². The van der Waals surface area contributed by atoms with Crippen molar-refractivity contribution in [1.29, 1.82) is 0 Å². The summed E-state index contributed by atoms with van der Waals surface area (Å²) in [4.78, 5) is 35.8. The van der Waals surface area contributed by atoms with Crippen molar-refractivity contribution in [2.75, 3.05) is 47.5 Å². The number of esters is 2. The van der Waals surface area contributed by atoms with E-state index in [0.29, 0.717) is 17.4 Å². The fraction of sp³-hybridized carbons (Fsp3) is 0.676. The topological polar surface area (TPSA) is 108 Å². The van der Waals surface area contributed by atoms with Gasteiger partial charge in [-0.15, -0.1) is 0 Å². The van der Waals surface area contributed by atoms with Gasteiger partial charge < -0.3 is 18.9 Å². The van der Waals surface area contributed by atoms with E-state index in [1.165, 1.54) is 116 Å². The Kier molecular flexibility index (Phi) is 60.7. The summed E-state index contributed by atoms with van der Waals surface area (Å²) in [6.07, 6.45) is 92.6. The molecule has 0 bridgehead atoms. The molecule has 0 aromatic carbocycles. The largest absolute Gasteiger partial charge is 0.472 e. The summed E-state index contributed by atoms with van der Waals surface area (Å²) < 4.78 is 34.6. The van der Waals surface area contributed by atoms with Crippen molar-refractivity contribution >= 4 is 19.8 Å². The fourth-order valence-electron chi connectivity index (χ4n) is 9.02. The average molecular weight is 1190 g/mol. The van der Waals surface area contributed by atoms with E-state index in [9.17, 15) is 19.0 Å². The van der Waals surface area contributed by atoms with Crippen LogP contribution in [0.1, 0.15) is 271 Å². The van der Waals surface area contributed by atoms with Crippen LogP contribution in [-0.4, -0.2) is 74.9 Å². The van der Waals surface area contributed by atoms with Crippen molar-refractivity contribution in [1.82, 2.24) is 0 Å². The number of carbonyl (C=O) groups is 2. The number of ether oxygens (including phenoxy) is 2. The second-order valence-corrected chi connectivity index (χ2v) is 24.9. The van der Waals surface area contributed by atoms with Gasteiger partial charge in [0.1, 0.15) is 19.8 Å². The summed E-state index contributed by atoms with van der Waals surface area (Å²) in [5.41, 5.74) is 0. The molecule has 10 heteroatoms. The van der Waals surface area contributed by atoms with Crippen molar-refractivity contribution in [2.24, 2.45) is 0 Å². The van der Waals surface area contributed by atoms with E-state index >= 15 is 0 Å². The third-order valence-corrected chi connectivity index (χ3v) is 15.2. The molecule has 2 unspecified atom stereocenters. The van der Waals surface area contributed by atoms with Gasteiger partial charge >= 0.3 is 19.8 Å². The normalized spacial score (nSPS) is 14.0. The third-order valence-electron chi connectivity index (χ3n) is 14.2. The number of phosphoric acid groups is 1. The number of phosphoric ester groups is 1. The molecule has 2 atom stereocenters. The van der Waals surface area contributed by atoms with Crippen molar-refractivity contribution < 1.29 is 42.1 Å². The summed E-state index contributed by atoms with van der Waals surface area (Å²) in [5.74, 6) is -0.819. The highest BCUT2D eigenvalue weighted by molar-refractivity contribution is 7.47. The maximum absolute atomic E-state index is 12.9. The molecule has 0 saturated carbocycles. The molecule has 0 rings (SSSR count). The number of unbranched alkanes of at least 4 members (excludes halogenated alkanes) is 25. The summed E-state index contributed by atoms with van der Waals surface area (Å²) in [7, 11) is 1.45. The standard InChI is InChI=1S/C74H126NO8P/c1-6-8-10-12-14-16-18-20-22-24-26-28-29-30-31-32-33-34-35-36-37-38-39-40-41-42-43-44-45-47-49-51-53-55-57-59-61-63-65-67-74(77)83-72(71-82-84(78,79)81-69-68-75(3,4)5)70-80-73(76)66-64-62-60-58-56-54-52-50-48-46-27-25-23-21-19-17-15-13-11-9-7-2/h8,10,14,16,20,22,26,28,30-31,33-34,36-37,39-40,42-43,45,47,51,53,72H,6-7,9,11-13,15,17-19,21,23-25,27,29,32,35,38,41,44,46,48-50,52,54-71H2,1-5H3/p+1/b10-8-,16-14-,22-20-,28-26-,31-30-,34-33-,37-36-,40-39-,43-42-,47-45-,53-51-. The quantitative estimate of drug-likeness (QED) is 0.0211. The minimum atomic E-state index is -4.40. The molecule has 0 saturated heterocycles. The van der Waals surface area contributed by atoms with Crippen molar-refractivity contribution in [2.45, 2.75) is 277 Å². The Bertz CT molecular complexity index is 1880. The van der Waals surface area contributed by atoms with Gasteiger partial charge in [-0.3, -0.25) is 18.6 Å². The Morgan fingerprint density at radius 1 is 0.381 bits per heavy atom. The first-order valence-electron chi connectivity index (χ1n) is 33.9. The number of nitrogens with zero attached hydrogens (tertiary/aromatic N) is 1. The van der Waals surface area contributed by atoms with Crippen molar-refractivity contribution in [3.05, 3.63) is 134 Å². The molecule has 0 aliphatic rings. The van der Waals surface area contributed by atoms with Crippen LogP contribution >= 0.6 is 7.82 Å². The number of hydrogen-bond donors (Lipinski definition) is 1. The van der Waals surface area contributed by atoms with Crippen LogP contribution in [0, 0.1) is 0 Å². The molecule has 0 aromatic heterocycles. The van der Waals surface area contributed by atoms with Crippen molar-refractivity contribution in [3.8, 4) is 0 Å². The summed E-state index contributed by atoms with van der Waals surface area (Å²) in [6, 6.07) is 0. The van der Waals surface area contributed by atoms with Crippen LogP contribution in [0.2, 0.25) is 0 Å². The van der Waals surface area contributed by atoms with Crippen molar-refractivity contribution in [3.63, 3.8) is 0 Å². The summed E-state index contributed by atoms with van der Waals surface area (Å²) in [5, 5.41) is 0. The van der Waals surface area contributed by atoms with E-state index in [1.54, 1.807) is 0 Å². The van der Waals surface area contributed by atoms with E-state index in [4.69, 9.17) is 18.5 Å². The molecule has 0 amide bonds. The first-order chi connectivity index (χ1) is 41.0. The summed E-state index contributed by atoms with van der Waals surface area (Å²) in [6.45, 7) is 4.31. The molecule has 0 radical (unpaired) electrons. The Morgan fingerprint density at radius 3 is 1.01 bits per heavy atom. The molecule has 0 aromatic rings. The van der Waals surface area contributed by atoms with Gasteiger partial charge in [0, 0.05) is 12.8 Å². The fourth-order valence-corrected chi connectivity index (χ4v) is 9.76. The van der Waals surface area contributed by atoms with Crippen LogP contribution in [-0.2, 0) is 32.7 Å². The van der Waals surface area contributed by atoms with E-state index in [2.05, 4.69) is 148 Å². The predicted molar refractivity (Wildman–Crippen MR) is 362 cm³/mol. The highest BCUT2D eigenvalue weighted by Crippen LogP contribution is 2.43. The lowest BCUT2D eigenvalue weighted by Gasteiger charge is -2.24. The molecule has 0 heterocycles. The minimum Gasteiger partial charge on any atom is -0.462 e. The van der Waals surface area contributed by atoms with E-state index in [-0.39, 0.29) is 32.0 Å². The molecule has 84 heavy (non-hydrogen) atoms. The van der Waals surface area contributed by atoms with Gasteiger partial charge in [-0.1, -0.05) is 295 Å². The predicted octanol–water partition coefficient (Wildman–Crippen LogP) is 22.0. The van der Waals surface area contributed by atoms with Gasteiger partial charge in [0.25, 0.3) is 0 Å². The first-order valence-corrected chi connectivity index (χ1v) is 35.4. The monoisotopic (exact) mass is 1190 g/mol. The SMILES string of the molecule is CC/C=C\C/C=C\C/C=C\C/C=C\C/C=C\C/C=C\C/C=C\C/C=C\C/C=C\C/C=C\C/C=C\CCCCCCCC(=O)OC(COC(=O)CCCCCCCCCCCCCCCCCCCCCCC)COP(=O)(O)OCC[N+](C)(C)C. The van der Waals surface area contributed by atoms with E-state index < -0.39 is 26.5 Å². The van der Waals surface area contributed by atoms with Crippen LogP contribution < -0.4 is 0 Å². The molecule has 0 aliphatic heterocycles. The number of quaternary nitrogens is 1. The number of carbonyl (C=O) groups excluding carboxylic acids is 2. The van der Waals surface area contributed by atoms with Crippen LogP contribution in [0.5, 0.6) is 0 Å². The van der Waals surface area contributed by atoms with Crippen LogP contribution in [0.25, 0.3) is 0 Å². The zero-order valence-electron chi connectivity index (χ0n) is 54.6. The Morgan fingerprint density at radius 2 is 0.679 bits per heavy atom. The zero-order valence-corrected chi connectivity index (χ0v) is 55.5. The Balaban J connectivity index is 4.16. The number of hydrogen-bond acceptors (Lipinski definition) is 7. The average Bonchev–Trinajstić information content (AvgIpc) is 3.61. The minimum absolute atomic E-state index is 0.0225. The second kappa shape index (κ2) is 63.6. The van der Waals surface area contributed by atoms with Crippen LogP contribution in [0.3, 0.4) is 0 Å². The Hall–Kier alpha value is -3.85. The molecule has 1 N–H and O–H groups in total. The molecule has 0 fully saturated rings. The van der Waals surface area contributed by atoms with Gasteiger partial charge in [0.05, 0.1) is 27.7 Å². The highest BCUT2D eigenvalue weighted by atomic mass is 31.2. The third kappa shape index (κ3) is 67.3. The van der Waals surface area contributed by atoms with Gasteiger partial charge in [-0.2, -0.15) is 0 Å². The smallest absolute Gasteiger partial charge is 0.462 e. The molecular weight excluding hydrogens is 1060 g/mol. The number of rotatable bonds is 61. The highest BCUT2D eigenvalue weighted by Gasteiger charge is 2.27. The number of allylic oxidation sites excluding steroid dienone is 22.